The largest absolute Gasteiger partial charge is 0.334 e. The lowest BCUT2D eigenvalue weighted by Gasteiger charge is -2.20. The molecule has 1 unspecified atom stereocenters. The van der Waals surface area contributed by atoms with Crippen molar-refractivity contribution in [3.63, 3.8) is 0 Å². The van der Waals surface area contributed by atoms with Gasteiger partial charge in [0.05, 0.1) is 11.3 Å². The van der Waals surface area contributed by atoms with Crippen molar-refractivity contribution in [3.8, 4) is 11.5 Å². The van der Waals surface area contributed by atoms with Crippen LogP contribution >= 0.6 is 0 Å². The molecule has 19 heavy (non-hydrogen) atoms. The zero-order valence-corrected chi connectivity index (χ0v) is 11.4. The van der Waals surface area contributed by atoms with Crippen molar-refractivity contribution in [1.29, 1.82) is 0 Å². The first-order valence-corrected chi connectivity index (χ1v) is 6.76. The molecule has 0 aliphatic carbocycles. The molecule has 1 aliphatic rings. The third-order valence-electron chi connectivity index (χ3n) is 3.58. The Kier molecular flexibility index (Phi) is 3.33. The molecule has 2 aromatic rings. The number of aromatic nitrogens is 4. The van der Waals surface area contributed by atoms with Crippen molar-refractivity contribution in [2.24, 2.45) is 13.0 Å². The lowest BCUT2D eigenvalue weighted by atomic mass is 9.96. The van der Waals surface area contributed by atoms with Crippen molar-refractivity contribution >= 4 is 0 Å². The van der Waals surface area contributed by atoms with Gasteiger partial charge in [-0.1, -0.05) is 5.16 Å². The van der Waals surface area contributed by atoms with Crippen LogP contribution < -0.4 is 5.32 Å². The molecule has 0 saturated carbocycles. The van der Waals surface area contributed by atoms with Gasteiger partial charge in [0.1, 0.15) is 0 Å². The maximum absolute atomic E-state index is 5.35. The molecule has 2 aromatic heterocycles. The predicted molar refractivity (Wildman–Crippen MR) is 70.5 cm³/mol. The second-order valence-corrected chi connectivity index (χ2v) is 5.23. The highest BCUT2D eigenvalue weighted by molar-refractivity contribution is 5.54. The van der Waals surface area contributed by atoms with Gasteiger partial charge in [-0.15, -0.1) is 0 Å². The van der Waals surface area contributed by atoms with E-state index in [1.54, 1.807) is 4.68 Å². The molecular formula is C13H19N5O. The minimum Gasteiger partial charge on any atom is -0.334 e. The lowest BCUT2D eigenvalue weighted by Crippen LogP contribution is -2.31. The van der Waals surface area contributed by atoms with Crippen molar-refractivity contribution in [3.05, 3.63) is 17.7 Å². The van der Waals surface area contributed by atoms with Gasteiger partial charge in [-0.2, -0.15) is 10.1 Å². The highest BCUT2D eigenvalue weighted by Crippen LogP contribution is 2.21. The molecule has 1 aliphatic heterocycles. The zero-order chi connectivity index (χ0) is 13.2. The minimum absolute atomic E-state index is 0.573. The zero-order valence-electron chi connectivity index (χ0n) is 11.4. The Morgan fingerprint density at radius 1 is 1.53 bits per heavy atom. The van der Waals surface area contributed by atoms with E-state index in [4.69, 9.17) is 4.52 Å². The van der Waals surface area contributed by atoms with Crippen LogP contribution in [0.3, 0.4) is 0 Å². The van der Waals surface area contributed by atoms with Crippen LogP contribution in [-0.4, -0.2) is 33.0 Å². The van der Waals surface area contributed by atoms with Crippen molar-refractivity contribution in [2.75, 3.05) is 13.1 Å². The third kappa shape index (κ3) is 2.68. The summed E-state index contributed by atoms with van der Waals surface area (Å²) in [6.07, 6.45) is 5.27. The van der Waals surface area contributed by atoms with Gasteiger partial charge in [-0.05, 0) is 38.8 Å². The fourth-order valence-corrected chi connectivity index (χ4v) is 2.61. The van der Waals surface area contributed by atoms with E-state index in [2.05, 4.69) is 20.6 Å². The number of hydrogen-bond acceptors (Lipinski definition) is 5. The first-order chi connectivity index (χ1) is 9.22. The monoisotopic (exact) mass is 261 g/mol. The van der Waals surface area contributed by atoms with Crippen molar-refractivity contribution in [1.82, 2.24) is 25.2 Å². The SMILES string of the molecule is Cc1nn(C)cc1-c1nc(CC2CCCNC2)no1. The molecule has 1 atom stereocenters. The van der Waals surface area contributed by atoms with E-state index in [1.165, 1.54) is 12.8 Å². The average Bonchev–Trinajstić information content (AvgIpc) is 2.97. The highest BCUT2D eigenvalue weighted by Gasteiger charge is 2.18. The molecule has 0 radical (unpaired) electrons. The Hall–Kier alpha value is -1.69. The molecule has 3 rings (SSSR count). The molecule has 0 aromatic carbocycles. The molecule has 6 nitrogen and oxygen atoms in total. The first-order valence-electron chi connectivity index (χ1n) is 6.76. The number of rotatable bonds is 3. The molecule has 1 fully saturated rings. The summed E-state index contributed by atoms with van der Waals surface area (Å²) in [5.74, 6) is 1.99. The van der Waals surface area contributed by atoms with Gasteiger partial charge < -0.3 is 9.84 Å². The Balaban J connectivity index is 1.74. The molecular weight excluding hydrogens is 242 g/mol. The molecule has 0 bridgehead atoms. The fraction of sp³-hybridized carbons (Fsp3) is 0.615. The summed E-state index contributed by atoms with van der Waals surface area (Å²) in [5.41, 5.74) is 1.83. The topological polar surface area (TPSA) is 68.8 Å². The van der Waals surface area contributed by atoms with Crippen molar-refractivity contribution in [2.45, 2.75) is 26.2 Å². The summed E-state index contributed by atoms with van der Waals surface area (Å²) < 4.78 is 7.12. The number of piperidine rings is 1. The summed E-state index contributed by atoms with van der Waals surface area (Å²) in [5, 5.41) is 11.8. The molecule has 0 spiro atoms. The van der Waals surface area contributed by atoms with Crippen LogP contribution in [0.5, 0.6) is 0 Å². The Morgan fingerprint density at radius 3 is 3.11 bits per heavy atom. The molecule has 6 heteroatoms. The second kappa shape index (κ2) is 5.13. The lowest BCUT2D eigenvalue weighted by molar-refractivity contribution is 0.360. The minimum atomic E-state index is 0.573. The van der Waals surface area contributed by atoms with Crippen molar-refractivity contribution < 1.29 is 4.52 Å². The van der Waals surface area contributed by atoms with Crippen LogP contribution in [0.25, 0.3) is 11.5 Å². The van der Waals surface area contributed by atoms with E-state index in [9.17, 15) is 0 Å². The van der Waals surface area contributed by atoms with Crippen LogP contribution in [0, 0.1) is 12.8 Å². The van der Waals surface area contributed by atoms with E-state index >= 15 is 0 Å². The number of hydrogen-bond donors (Lipinski definition) is 1. The van der Waals surface area contributed by atoms with Gasteiger partial charge in [0, 0.05) is 19.7 Å². The molecule has 1 N–H and O–H groups in total. The number of aryl methyl sites for hydroxylation is 2. The van der Waals surface area contributed by atoms with Crippen LogP contribution in [-0.2, 0) is 13.5 Å². The van der Waals surface area contributed by atoms with Crippen LogP contribution in [0.1, 0.15) is 24.4 Å². The predicted octanol–water partition coefficient (Wildman–Crippen LogP) is 1.32. The summed E-state index contributed by atoms with van der Waals surface area (Å²) >= 11 is 0. The molecule has 1 saturated heterocycles. The maximum atomic E-state index is 5.35. The van der Waals surface area contributed by atoms with Gasteiger partial charge in [0.2, 0.25) is 0 Å². The van der Waals surface area contributed by atoms with E-state index in [0.717, 1.165) is 36.6 Å². The molecule has 3 heterocycles. The van der Waals surface area contributed by atoms with Gasteiger partial charge in [0.25, 0.3) is 5.89 Å². The highest BCUT2D eigenvalue weighted by atomic mass is 16.5. The first kappa shape index (κ1) is 12.3. The molecule has 102 valence electrons. The average molecular weight is 261 g/mol. The third-order valence-corrected chi connectivity index (χ3v) is 3.58. The maximum Gasteiger partial charge on any atom is 0.261 e. The van der Waals surface area contributed by atoms with Gasteiger partial charge in [-0.3, -0.25) is 4.68 Å². The second-order valence-electron chi connectivity index (χ2n) is 5.23. The number of nitrogens with one attached hydrogen (secondary N) is 1. The summed E-state index contributed by atoms with van der Waals surface area (Å²) in [6, 6.07) is 0. The van der Waals surface area contributed by atoms with Crippen LogP contribution in [0.4, 0.5) is 0 Å². The Morgan fingerprint density at radius 2 is 2.42 bits per heavy atom. The van der Waals surface area contributed by atoms with Gasteiger partial charge >= 0.3 is 0 Å². The Bertz CT molecular complexity index is 553. The van der Waals surface area contributed by atoms with E-state index < -0.39 is 0 Å². The van der Waals surface area contributed by atoms with E-state index in [0.29, 0.717) is 11.8 Å². The quantitative estimate of drug-likeness (QED) is 0.902. The fourth-order valence-electron chi connectivity index (χ4n) is 2.61. The standard InChI is InChI=1S/C13H19N5O/c1-9-11(8-18(2)16-9)13-15-12(17-19-13)6-10-4-3-5-14-7-10/h8,10,14H,3-7H2,1-2H3. The van der Waals surface area contributed by atoms with E-state index in [-0.39, 0.29) is 0 Å². The summed E-state index contributed by atoms with van der Waals surface area (Å²) in [7, 11) is 1.89. The Labute approximate surface area is 112 Å². The number of nitrogens with zero attached hydrogens (tertiary/aromatic N) is 4. The molecule has 0 amide bonds. The van der Waals surface area contributed by atoms with Crippen LogP contribution in [0.15, 0.2) is 10.7 Å². The summed E-state index contributed by atoms with van der Waals surface area (Å²) in [4.78, 5) is 4.49. The summed E-state index contributed by atoms with van der Waals surface area (Å²) in [6.45, 7) is 4.13. The van der Waals surface area contributed by atoms with Crippen LogP contribution in [0.2, 0.25) is 0 Å². The van der Waals surface area contributed by atoms with E-state index in [1.807, 2.05) is 20.2 Å². The van der Waals surface area contributed by atoms with Gasteiger partial charge in [0.15, 0.2) is 5.82 Å². The smallest absolute Gasteiger partial charge is 0.261 e. The normalized spacial score (nSPS) is 19.8. The van der Waals surface area contributed by atoms with Gasteiger partial charge in [-0.25, -0.2) is 0 Å².